The highest BCUT2D eigenvalue weighted by molar-refractivity contribution is 5.87. The molecule has 5 heterocycles. The van der Waals surface area contributed by atoms with Crippen molar-refractivity contribution in [3.63, 3.8) is 0 Å². The van der Waals surface area contributed by atoms with Crippen LogP contribution in [0.3, 0.4) is 0 Å². The Kier molecular flexibility index (Phi) is 17.6. The van der Waals surface area contributed by atoms with Gasteiger partial charge in [0.1, 0.15) is 0 Å². The third-order valence-electron chi connectivity index (χ3n) is 34.9. The van der Waals surface area contributed by atoms with Gasteiger partial charge in [0.2, 0.25) is 23.6 Å². The minimum Gasteiger partial charge on any atom is -0.342 e. The summed E-state index contributed by atoms with van der Waals surface area (Å²) in [5, 5.41) is 0. The van der Waals surface area contributed by atoms with Crippen molar-refractivity contribution in [1.29, 1.82) is 0 Å². The summed E-state index contributed by atoms with van der Waals surface area (Å²) in [6.45, 7) is 16.6. The smallest absolute Gasteiger partial charge is 0.229 e. The van der Waals surface area contributed by atoms with Crippen LogP contribution >= 0.6 is 0 Å². The van der Waals surface area contributed by atoms with Crippen LogP contribution in [0.25, 0.3) is 0 Å². The van der Waals surface area contributed by atoms with Gasteiger partial charge in [0.05, 0.1) is 21.7 Å². The maximum absolute atomic E-state index is 14.2. The average molecular weight is 1480 g/mol. The monoisotopic (exact) mass is 1480 g/mol. The fourth-order valence-electron chi connectivity index (χ4n) is 33.6. The summed E-state index contributed by atoms with van der Waals surface area (Å²) in [6.07, 6.45) is 40.3. The van der Waals surface area contributed by atoms with Gasteiger partial charge >= 0.3 is 0 Å². The van der Waals surface area contributed by atoms with Crippen molar-refractivity contribution < 1.29 is 19.2 Å². The predicted molar refractivity (Wildman–Crippen MR) is 433 cm³/mol. The molecule has 22 fully saturated rings. The van der Waals surface area contributed by atoms with Crippen molar-refractivity contribution in [2.45, 2.75) is 323 Å². The average Bonchev–Trinajstić information content (AvgIpc) is 1.70. The first-order valence-corrected chi connectivity index (χ1v) is 44.5. The van der Waals surface area contributed by atoms with Gasteiger partial charge in [-0.15, -0.1) is 0 Å². The third-order valence-corrected chi connectivity index (χ3v) is 34.9. The molecule has 1 spiro atoms. The fraction of sp³-hybridized carbons (Fsp3) is 0.711. The van der Waals surface area contributed by atoms with Gasteiger partial charge < -0.3 is 42.5 Å². The van der Waals surface area contributed by atoms with E-state index >= 15 is 0 Å². The lowest BCUT2D eigenvalue weighted by Crippen LogP contribution is -2.64. The largest absolute Gasteiger partial charge is 0.342 e. The Morgan fingerprint density at radius 2 is 0.716 bits per heavy atom. The number of amides is 4. The molecular weight excluding hydrogens is 1340 g/mol. The third kappa shape index (κ3) is 12.6. The number of nitrogens with two attached hydrogens (primary N) is 4. The van der Waals surface area contributed by atoms with Crippen LogP contribution in [0, 0.1) is 72.4 Å². The minimum atomic E-state index is -0.139. The molecule has 22 aliphatic rings. The van der Waals surface area contributed by atoms with E-state index in [1.807, 2.05) is 0 Å². The van der Waals surface area contributed by atoms with E-state index in [9.17, 15) is 19.2 Å². The van der Waals surface area contributed by atoms with Crippen molar-refractivity contribution in [3.8, 4) is 0 Å². The topological polar surface area (TPSA) is 185 Å². The van der Waals surface area contributed by atoms with Crippen LogP contribution in [0.5, 0.6) is 0 Å². The van der Waals surface area contributed by atoms with Crippen LogP contribution in [0.2, 0.25) is 0 Å². The van der Waals surface area contributed by atoms with E-state index < -0.39 is 0 Å². The first-order chi connectivity index (χ1) is 52.0. The standard InChI is InChI=1S/C25H34N2O.C24H32N2O.2C24H34N2O/c1-23-11-17-12-24(14-23,18-5-3-2-4-6-18)16-25(13-17,15-23)22(28)27-20-7-8-21(27)10-19(26)9-20;1-21-9-17-10-23(13-21,18-5-3-2-4-6-18)15-24(11-17,14-21)20(27)26-8-7-22(16-26)12-19(22)25;1-17-10-20(25)8-9-26(17)21(27)24-13-18-11-22(2,15-24)14-23(12-18,16-24)19-6-4-3-5-7-19;1-22-12-18-13-23(15-22,19-6-3-2-4-7-19)17-24(14-18,16-22)21(27)26-10-5-8-20(25)9-11-26/h2-6,17,19-21H,7-16,26H2,1H3;2-6,17,19H,7-16,25H2,1H3;3-7,17-18,20H,8-16,25H2,1-2H3;2-4,6-7,18,20H,5,8-17,25H2,1H3/t17?,19?,20?,21?,23-,24-,25?;17?,19?,21-,22?,23-,24?;17?,18?,20?,22-,23-,24?;18?,20?,22-,23-,24?/m1111/s1. The molecule has 0 radical (unpaired) electrons. The molecule has 4 aromatic carbocycles. The normalized spacial score (nSPS) is 47.0. The van der Waals surface area contributed by atoms with Gasteiger partial charge in [-0.3, -0.25) is 19.2 Å². The number of piperidine rings is 2. The van der Waals surface area contributed by atoms with Crippen molar-refractivity contribution in [1.82, 2.24) is 19.6 Å². The first kappa shape index (κ1) is 73.8. The summed E-state index contributed by atoms with van der Waals surface area (Å²) >= 11 is 0. The molecule has 586 valence electrons. The summed E-state index contributed by atoms with van der Waals surface area (Å²) in [5.74, 6) is 4.77. The molecule has 17 aliphatic carbocycles. The Labute approximate surface area is 653 Å². The number of nitrogens with zero attached hydrogens (tertiary/aromatic N) is 4. The van der Waals surface area contributed by atoms with Gasteiger partial charge in [0, 0.05) is 80.4 Å². The molecule has 18 bridgehead atoms. The zero-order valence-corrected chi connectivity index (χ0v) is 67.4. The molecule has 26 rings (SSSR count). The van der Waals surface area contributed by atoms with Crippen molar-refractivity contribution in [2.24, 2.45) is 95.3 Å². The molecule has 5 saturated heterocycles. The molecule has 5 aliphatic heterocycles. The SMILES string of the molecule is CC1CC(N)CCN1C(=O)C12CC3C[C@@](C)(C1)C[C@](c1ccccc1)(C3)C2.C[C@]12CC3CC(C(=O)N4C5CCC4CC(N)C5)(C1)C[C@@](c1ccccc1)(C3)C2.C[C@]12CC3CC(C(=O)N4CCC5(CC5N)C4)(C1)C[C@@](c1ccccc1)(C3)C2.C[C@]12CC3CC(C(=O)N4CCCC(N)CC4)(C1)C[C@@](c1ccccc1)(C3)C2. The second kappa shape index (κ2) is 26.1. The van der Waals surface area contributed by atoms with Crippen molar-refractivity contribution >= 4 is 23.6 Å². The lowest BCUT2D eigenvalue weighted by atomic mass is 9.38. The minimum absolute atomic E-state index is 0.117. The molecule has 12 nitrogen and oxygen atoms in total. The second-order valence-corrected chi connectivity index (χ2v) is 44.6. The van der Waals surface area contributed by atoms with Crippen LogP contribution in [-0.2, 0) is 40.8 Å². The van der Waals surface area contributed by atoms with Gasteiger partial charge in [0.15, 0.2) is 0 Å². The lowest BCUT2D eigenvalue weighted by Gasteiger charge is -2.66. The molecule has 8 N–H and O–H groups in total. The fourth-order valence-corrected chi connectivity index (χ4v) is 33.6. The number of hydrogen-bond donors (Lipinski definition) is 4. The maximum atomic E-state index is 14.2. The van der Waals surface area contributed by atoms with Gasteiger partial charge in [-0.25, -0.2) is 0 Å². The van der Waals surface area contributed by atoms with E-state index in [1.54, 1.807) is 0 Å². The molecule has 4 amide bonds. The van der Waals surface area contributed by atoms with E-state index in [0.717, 1.165) is 179 Å². The van der Waals surface area contributed by atoms with Gasteiger partial charge in [0.25, 0.3) is 0 Å². The number of benzene rings is 4. The first-order valence-electron chi connectivity index (χ1n) is 44.5. The van der Waals surface area contributed by atoms with Crippen LogP contribution in [-0.4, -0.2) is 118 Å². The highest BCUT2D eigenvalue weighted by atomic mass is 16.2. The Morgan fingerprint density at radius 1 is 0.349 bits per heavy atom. The Balaban J connectivity index is 0.0000000987. The quantitative estimate of drug-likeness (QED) is 0.134. The summed E-state index contributed by atoms with van der Waals surface area (Å²) < 4.78 is 0. The number of fused-ring (bicyclic) bond motifs is 2. The summed E-state index contributed by atoms with van der Waals surface area (Å²) in [6, 6.07) is 46.8. The van der Waals surface area contributed by atoms with Crippen molar-refractivity contribution in [3.05, 3.63) is 144 Å². The van der Waals surface area contributed by atoms with Crippen LogP contribution in [0.4, 0.5) is 0 Å². The van der Waals surface area contributed by atoms with Crippen molar-refractivity contribution in [2.75, 3.05) is 32.7 Å². The predicted octanol–water partition coefficient (Wildman–Crippen LogP) is 16.8. The Bertz CT molecular complexity index is 4020. The van der Waals surface area contributed by atoms with E-state index in [-0.39, 0.29) is 66.9 Å². The summed E-state index contributed by atoms with van der Waals surface area (Å²) in [4.78, 5) is 65.0. The lowest BCUT2D eigenvalue weighted by molar-refractivity contribution is -0.174. The van der Waals surface area contributed by atoms with Crippen LogP contribution < -0.4 is 22.9 Å². The zero-order valence-electron chi connectivity index (χ0n) is 67.4. The Hall–Kier alpha value is -5.40. The number of likely N-dealkylation sites (tertiary alicyclic amines) is 3. The zero-order chi connectivity index (χ0) is 75.2. The van der Waals surface area contributed by atoms with E-state index in [2.05, 4.69) is 176 Å². The van der Waals surface area contributed by atoms with Crippen LogP contribution in [0.15, 0.2) is 121 Å². The highest BCUT2D eigenvalue weighted by Gasteiger charge is 2.71. The summed E-state index contributed by atoms with van der Waals surface area (Å²) in [7, 11) is 0. The number of rotatable bonds is 8. The highest BCUT2D eigenvalue weighted by Crippen LogP contribution is 2.75. The van der Waals surface area contributed by atoms with Crippen LogP contribution in [0.1, 0.15) is 282 Å². The molecule has 15 unspecified atom stereocenters. The summed E-state index contributed by atoms with van der Waals surface area (Å²) in [5.41, 5.74) is 32.8. The van der Waals surface area contributed by atoms with E-state index in [1.165, 1.54) is 112 Å². The number of carbonyl (C=O) groups is 4. The maximum Gasteiger partial charge on any atom is 0.229 e. The number of hydrogen-bond acceptors (Lipinski definition) is 8. The molecule has 23 atom stereocenters. The molecular formula is C97H134N8O4. The molecule has 109 heavy (non-hydrogen) atoms. The van der Waals surface area contributed by atoms with Gasteiger partial charge in [-0.1, -0.05) is 149 Å². The van der Waals surface area contributed by atoms with E-state index in [4.69, 9.17) is 22.9 Å². The second-order valence-electron chi connectivity index (χ2n) is 44.6. The number of carbonyl (C=O) groups excluding carboxylic acids is 4. The molecule has 4 aromatic rings. The molecule has 17 saturated carbocycles. The Morgan fingerprint density at radius 3 is 1.08 bits per heavy atom. The van der Waals surface area contributed by atoms with Gasteiger partial charge in [-0.2, -0.15) is 0 Å². The molecule has 0 aromatic heterocycles. The van der Waals surface area contributed by atoms with E-state index in [0.29, 0.717) is 81.3 Å². The molecule has 12 heteroatoms. The van der Waals surface area contributed by atoms with Gasteiger partial charge in [-0.05, 0) is 321 Å².